The topological polar surface area (TPSA) is 99.2 Å². The zero-order chi connectivity index (χ0) is 14.7. The highest BCUT2D eigenvalue weighted by Crippen LogP contribution is 2.14. The van der Waals surface area contributed by atoms with Gasteiger partial charge in [-0.15, -0.1) is 0 Å². The van der Waals surface area contributed by atoms with Gasteiger partial charge in [0.1, 0.15) is 6.04 Å². The molecule has 2 N–H and O–H groups in total. The summed E-state index contributed by atoms with van der Waals surface area (Å²) in [5.41, 5.74) is 0. The van der Waals surface area contributed by atoms with E-state index in [9.17, 15) is 14.4 Å². The Hall–Kier alpha value is -1.83. The molecule has 0 spiro atoms. The lowest BCUT2D eigenvalue weighted by molar-refractivity contribution is -0.142. The monoisotopic (exact) mass is 285 g/mol. The van der Waals surface area contributed by atoms with Crippen LogP contribution in [-0.4, -0.2) is 77.7 Å². The summed E-state index contributed by atoms with van der Waals surface area (Å²) in [6.07, 6.45) is -0.429. The number of hydrogen-bond acceptors (Lipinski definition) is 4. The fraction of sp³-hybridized carbons (Fsp3) is 0.750. The van der Waals surface area contributed by atoms with Gasteiger partial charge in [-0.1, -0.05) is 0 Å². The Kier molecular flexibility index (Phi) is 4.43. The first-order valence-electron chi connectivity index (χ1n) is 6.65. The highest BCUT2D eigenvalue weighted by atomic mass is 16.5. The number of nitrogens with one attached hydrogen (secondary N) is 1. The Balaban J connectivity index is 2.08. The first kappa shape index (κ1) is 14.6. The SMILES string of the molecule is CC1CN(C(=O)N2CCNC(=O)C2CC(=O)O)CCO1. The Bertz CT molecular complexity index is 414. The summed E-state index contributed by atoms with van der Waals surface area (Å²) in [5, 5.41) is 11.5. The molecule has 2 heterocycles. The highest BCUT2D eigenvalue weighted by molar-refractivity contribution is 5.91. The molecule has 0 saturated carbocycles. The second-order valence-electron chi connectivity index (χ2n) is 5.01. The number of ether oxygens (including phenoxy) is 1. The van der Waals surface area contributed by atoms with Crippen molar-refractivity contribution < 1.29 is 24.2 Å². The van der Waals surface area contributed by atoms with E-state index in [1.165, 1.54) is 4.90 Å². The zero-order valence-electron chi connectivity index (χ0n) is 11.4. The van der Waals surface area contributed by atoms with E-state index in [0.717, 1.165) is 0 Å². The quantitative estimate of drug-likeness (QED) is 0.685. The molecule has 8 nitrogen and oxygen atoms in total. The number of amides is 3. The second kappa shape index (κ2) is 6.08. The van der Waals surface area contributed by atoms with E-state index < -0.39 is 17.9 Å². The van der Waals surface area contributed by atoms with Gasteiger partial charge in [0.15, 0.2) is 0 Å². The predicted octanol–water partition coefficient (Wildman–Crippen LogP) is -0.898. The van der Waals surface area contributed by atoms with E-state index in [1.807, 2.05) is 6.92 Å². The fourth-order valence-electron chi connectivity index (χ4n) is 2.49. The van der Waals surface area contributed by atoms with Gasteiger partial charge >= 0.3 is 12.0 Å². The van der Waals surface area contributed by atoms with E-state index in [0.29, 0.717) is 32.8 Å². The van der Waals surface area contributed by atoms with Crippen molar-refractivity contribution in [2.24, 2.45) is 0 Å². The van der Waals surface area contributed by atoms with Gasteiger partial charge in [0.2, 0.25) is 5.91 Å². The van der Waals surface area contributed by atoms with Crippen LogP contribution in [0.5, 0.6) is 0 Å². The maximum atomic E-state index is 12.5. The number of urea groups is 1. The number of hydrogen-bond donors (Lipinski definition) is 2. The van der Waals surface area contributed by atoms with Crippen molar-refractivity contribution in [2.75, 3.05) is 32.8 Å². The summed E-state index contributed by atoms with van der Waals surface area (Å²) >= 11 is 0. The number of carbonyl (C=O) groups excluding carboxylic acids is 2. The van der Waals surface area contributed by atoms with Gasteiger partial charge in [0, 0.05) is 26.2 Å². The van der Waals surface area contributed by atoms with Crippen molar-refractivity contribution >= 4 is 17.9 Å². The van der Waals surface area contributed by atoms with Crippen molar-refractivity contribution in [3.63, 3.8) is 0 Å². The number of morpholine rings is 1. The number of carboxylic acids is 1. The van der Waals surface area contributed by atoms with Crippen LogP contribution in [0.2, 0.25) is 0 Å². The average Bonchev–Trinajstić information content (AvgIpc) is 2.40. The molecule has 0 bridgehead atoms. The van der Waals surface area contributed by atoms with Crippen LogP contribution in [0.15, 0.2) is 0 Å². The lowest BCUT2D eigenvalue weighted by Crippen LogP contribution is -2.61. The molecule has 3 amide bonds. The molecule has 0 aromatic carbocycles. The van der Waals surface area contributed by atoms with Gasteiger partial charge in [-0.05, 0) is 6.92 Å². The largest absolute Gasteiger partial charge is 0.481 e. The van der Waals surface area contributed by atoms with E-state index in [1.54, 1.807) is 4.90 Å². The number of aliphatic carboxylic acids is 1. The minimum Gasteiger partial charge on any atom is -0.481 e. The first-order chi connectivity index (χ1) is 9.49. The van der Waals surface area contributed by atoms with Crippen molar-refractivity contribution in [1.82, 2.24) is 15.1 Å². The third-order valence-corrected chi connectivity index (χ3v) is 3.46. The Labute approximate surface area is 116 Å². The Morgan fingerprint density at radius 2 is 2.20 bits per heavy atom. The summed E-state index contributed by atoms with van der Waals surface area (Å²) < 4.78 is 5.37. The van der Waals surface area contributed by atoms with Crippen LogP contribution < -0.4 is 5.32 Å². The number of piperazine rings is 1. The lowest BCUT2D eigenvalue weighted by Gasteiger charge is -2.40. The molecule has 8 heteroatoms. The van der Waals surface area contributed by atoms with E-state index in [4.69, 9.17) is 9.84 Å². The van der Waals surface area contributed by atoms with Crippen molar-refractivity contribution in [2.45, 2.75) is 25.5 Å². The molecule has 0 aliphatic carbocycles. The van der Waals surface area contributed by atoms with Crippen LogP contribution in [0, 0.1) is 0 Å². The Morgan fingerprint density at radius 1 is 1.45 bits per heavy atom. The van der Waals surface area contributed by atoms with Crippen LogP contribution in [-0.2, 0) is 14.3 Å². The zero-order valence-corrected chi connectivity index (χ0v) is 11.4. The molecule has 2 rings (SSSR count). The van der Waals surface area contributed by atoms with Crippen LogP contribution in [0.3, 0.4) is 0 Å². The van der Waals surface area contributed by atoms with Gasteiger partial charge < -0.3 is 25.0 Å². The van der Waals surface area contributed by atoms with Gasteiger partial charge in [0.05, 0.1) is 19.1 Å². The Morgan fingerprint density at radius 3 is 2.85 bits per heavy atom. The summed E-state index contributed by atoms with van der Waals surface area (Å²) in [5.74, 6) is -1.51. The van der Waals surface area contributed by atoms with Crippen LogP contribution in [0.1, 0.15) is 13.3 Å². The summed E-state index contributed by atoms with van der Waals surface area (Å²) in [7, 11) is 0. The van der Waals surface area contributed by atoms with E-state index in [-0.39, 0.29) is 18.6 Å². The molecule has 0 aromatic rings. The van der Waals surface area contributed by atoms with Gasteiger partial charge in [-0.25, -0.2) is 4.79 Å². The van der Waals surface area contributed by atoms with Crippen molar-refractivity contribution in [3.05, 3.63) is 0 Å². The minimum absolute atomic E-state index is 0.0516. The molecule has 2 saturated heterocycles. The number of carbonyl (C=O) groups is 3. The van der Waals surface area contributed by atoms with Gasteiger partial charge in [0.25, 0.3) is 0 Å². The smallest absolute Gasteiger partial charge is 0.320 e. The third kappa shape index (κ3) is 3.19. The van der Waals surface area contributed by atoms with Crippen molar-refractivity contribution in [3.8, 4) is 0 Å². The molecule has 112 valence electrons. The summed E-state index contributed by atoms with van der Waals surface area (Å²) in [6.45, 7) is 3.92. The second-order valence-corrected chi connectivity index (χ2v) is 5.01. The first-order valence-corrected chi connectivity index (χ1v) is 6.65. The van der Waals surface area contributed by atoms with E-state index >= 15 is 0 Å². The minimum atomic E-state index is -1.10. The number of carboxylic acid groups (broad SMARTS) is 1. The van der Waals surface area contributed by atoms with Gasteiger partial charge in [-0.3, -0.25) is 9.59 Å². The average molecular weight is 285 g/mol. The maximum absolute atomic E-state index is 12.5. The van der Waals surface area contributed by atoms with Crippen LogP contribution in [0.25, 0.3) is 0 Å². The summed E-state index contributed by atoms with van der Waals surface area (Å²) in [6, 6.07) is -1.23. The molecular formula is C12H19N3O5. The maximum Gasteiger partial charge on any atom is 0.320 e. The van der Waals surface area contributed by atoms with Gasteiger partial charge in [-0.2, -0.15) is 0 Å². The molecule has 2 aliphatic rings. The van der Waals surface area contributed by atoms with Crippen LogP contribution >= 0.6 is 0 Å². The van der Waals surface area contributed by atoms with Crippen LogP contribution in [0.4, 0.5) is 4.79 Å². The predicted molar refractivity (Wildman–Crippen MR) is 68.1 cm³/mol. The van der Waals surface area contributed by atoms with E-state index in [2.05, 4.69) is 5.32 Å². The molecule has 20 heavy (non-hydrogen) atoms. The molecule has 0 radical (unpaired) electrons. The standard InChI is InChI=1S/C12H19N3O5/c1-8-7-14(4-5-20-8)12(19)15-3-2-13-11(18)9(15)6-10(16)17/h8-9H,2-7H2,1H3,(H,13,18)(H,16,17). The fourth-order valence-corrected chi connectivity index (χ4v) is 2.49. The molecule has 0 aromatic heterocycles. The normalized spacial score (nSPS) is 27.1. The molecule has 2 fully saturated rings. The number of rotatable bonds is 2. The number of nitrogens with zero attached hydrogens (tertiary/aromatic N) is 2. The van der Waals surface area contributed by atoms with Crippen molar-refractivity contribution in [1.29, 1.82) is 0 Å². The highest BCUT2D eigenvalue weighted by Gasteiger charge is 2.37. The molecule has 2 aliphatic heterocycles. The summed E-state index contributed by atoms with van der Waals surface area (Å²) in [4.78, 5) is 38.1. The molecule has 2 unspecified atom stereocenters. The third-order valence-electron chi connectivity index (χ3n) is 3.46. The molecular weight excluding hydrogens is 266 g/mol. The lowest BCUT2D eigenvalue weighted by atomic mass is 10.1. The molecule has 2 atom stereocenters.